The zero-order valence-corrected chi connectivity index (χ0v) is 15.2. The van der Waals surface area contributed by atoms with E-state index in [0.717, 1.165) is 11.1 Å². The third-order valence-corrected chi connectivity index (χ3v) is 4.71. The number of nitriles is 5. The Balaban J connectivity index is 2.02. The van der Waals surface area contributed by atoms with E-state index in [1.54, 1.807) is 18.2 Å². The number of nitrogens with zero attached hydrogens (tertiary/aromatic N) is 7. The standard InChI is InChI=1S/C23H7N7/c24-8-13-1-3-14(4-2-13)15-5-6-17-18(7-15)22-23(21(17)16(9-25)10-26)30-20(12-28)19(11-27)29-22/h1-7H. The van der Waals surface area contributed by atoms with Gasteiger partial charge in [0.1, 0.15) is 35.5 Å². The maximum Gasteiger partial charge on any atom is 0.177 e. The fourth-order valence-electron chi connectivity index (χ4n) is 3.35. The summed E-state index contributed by atoms with van der Waals surface area (Å²) < 4.78 is 0. The molecule has 1 aliphatic rings. The van der Waals surface area contributed by atoms with Gasteiger partial charge in [-0.05, 0) is 34.9 Å². The molecule has 1 aliphatic carbocycles. The smallest absolute Gasteiger partial charge is 0.177 e. The van der Waals surface area contributed by atoms with Crippen LogP contribution in [0.1, 0.15) is 28.2 Å². The molecule has 0 bridgehead atoms. The normalized spacial score (nSPS) is 10.4. The Bertz CT molecular complexity index is 1460. The Morgan fingerprint density at radius 2 is 1.23 bits per heavy atom. The van der Waals surface area contributed by atoms with Crippen LogP contribution in [0, 0.1) is 56.7 Å². The molecule has 0 spiro atoms. The van der Waals surface area contributed by atoms with E-state index in [0.29, 0.717) is 28.0 Å². The zero-order chi connectivity index (χ0) is 21.3. The summed E-state index contributed by atoms with van der Waals surface area (Å²) in [5.41, 5.74) is 3.85. The van der Waals surface area contributed by atoms with Gasteiger partial charge in [0.25, 0.3) is 0 Å². The molecule has 30 heavy (non-hydrogen) atoms. The van der Waals surface area contributed by atoms with Gasteiger partial charge in [-0.25, -0.2) is 9.97 Å². The highest BCUT2D eigenvalue weighted by Crippen LogP contribution is 2.45. The van der Waals surface area contributed by atoms with E-state index >= 15 is 0 Å². The third-order valence-electron chi connectivity index (χ3n) is 4.71. The highest BCUT2D eigenvalue weighted by molar-refractivity contribution is 6.02. The molecule has 1 aromatic heterocycles. The zero-order valence-electron chi connectivity index (χ0n) is 15.2. The molecule has 7 heteroatoms. The second-order valence-corrected chi connectivity index (χ2v) is 6.26. The maximum atomic E-state index is 9.42. The van der Waals surface area contributed by atoms with Crippen LogP contribution in [0.5, 0.6) is 0 Å². The summed E-state index contributed by atoms with van der Waals surface area (Å²) in [4.78, 5) is 8.54. The molecule has 0 saturated carbocycles. The largest absolute Gasteiger partial charge is 0.232 e. The summed E-state index contributed by atoms with van der Waals surface area (Å²) in [5, 5.41) is 46.5. The van der Waals surface area contributed by atoms with E-state index in [4.69, 9.17) is 5.26 Å². The molecule has 4 rings (SSSR count). The molecular formula is C23H7N7. The lowest BCUT2D eigenvalue weighted by Gasteiger charge is -2.06. The van der Waals surface area contributed by atoms with Gasteiger partial charge in [-0.15, -0.1) is 0 Å². The highest BCUT2D eigenvalue weighted by Gasteiger charge is 2.31. The van der Waals surface area contributed by atoms with Crippen LogP contribution in [0.25, 0.3) is 28.0 Å². The van der Waals surface area contributed by atoms with Crippen LogP contribution in [-0.2, 0) is 0 Å². The summed E-state index contributed by atoms with van der Waals surface area (Å²) >= 11 is 0. The second kappa shape index (κ2) is 7.03. The Kier molecular flexibility index (Phi) is 4.24. The van der Waals surface area contributed by atoms with Gasteiger partial charge in [0.05, 0.1) is 17.3 Å². The minimum atomic E-state index is -0.163. The average Bonchev–Trinajstić information content (AvgIpc) is 3.11. The van der Waals surface area contributed by atoms with Crippen molar-refractivity contribution in [3.05, 3.63) is 76.2 Å². The molecule has 0 amide bonds. The van der Waals surface area contributed by atoms with Gasteiger partial charge >= 0.3 is 0 Å². The first-order valence-electron chi connectivity index (χ1n) is 8.57. The third kappa shape index (κ3) is 2.64. The van der Waals surface area contributed by atoms with Crippen molar-refractivity contribution in [1.29, 1.82) is 26.3 Å². The minimum Gasteiger partial charge on any atom is -0.232 e. The van der Waals surface area contributed by atoms with Crippen molar-refractivity contribution >= 4 is 5.57 Å². The molecular weight excluding hydrogens is 374 g/mol. The number of rotatable bonds is 1. The number of hydrogen-bond donors (Lipinski definition) is 0. The summed E-state index contributed by atoms with van der Waals surface area (Å²) in [6.45, 7) is 0. The van der Waals surface area contributed by atoms with Crippen LogP contribution in [0.15, 0.2) is 48.0 Å². The number of fused-ring (bicyclic) bond motifs is 3. The van der Waals surface area contributed by atoms with Crippen molar-refractivity contribution in [2.24, 2.45) is 0 Å². The van der Waals surface area contributed by atoms with Gasteiger partial charge < -0.3 is 0 Å². The molecule has 7 nitrogen and oxygen atoms in total. The molecule has 0 radical (unpaired) electrons. The van der Waals surface area contributed by atoms with Crippen LogP contribution in [0.2, 0.25) is 0 Å². The Morgan fingerprint density at radius 3 is 1.80 bits per heavy atom. The number of aromatic nitrogens is 2. The van der Waals surface area contributed by atoms with E-state index in [1.807, 2.05) is 48.5 Å². The quantitative estimate of drug-likeness (QED) is 0.458. The number of benzene rings is 2. The van der Waals surface area contributed by atoms with Crippen molar-refractivity contribution in [3.63, 3.8) is 0 Å². The van der Waals surface area contributed by atoms with E-state index in [-0.39, 0.29) is 22.7 Å². The summed E-state index contributed by atoms with van der Waals surface area (Å²) in [5.74, 6) is 0. The molecule has 0 N–H and O–H groups in total. The molecule has 0 unspecified atom stereocenters. The van der Waals surface area contributed by atoms with Crippen molar-refractivity contribution < 1.29 is 0 Å². The van der Waals surface area contributed by atoms with Crippen molar-refractivity contribution in [2.45, 2.75) is 0 Å². The minimum absolute atomic E-state index is 0.123. The van der Waals surface area contributed by atoms with Gasteiger partial charge in [0, 0.05) is 11.1 Å². The first kappa shape index (κ1) is 18.1. The van der Waals surface area contributed by atoms with Crippen molar-refractivity contribution in [2.75, 3.05) is 0 Å². The van der Waals surface area contributed by atoms with E-state index < -0.39 is 0 Å². The van der Waals surface area contributed by atoms with Crippen LogP contribution in [0.4, 0.5) is 0 Å². The molecule has 2 aromatic carbocycles. The van der Waals surface area contributed by atoms with Gasteiger partial charge in [0.15, 0.2) is 11.4 Å². The van der Waals surface area contributed by atoms with Crippen molar-refractivity contribution in [1.82, 2.24) is 9.97 Å². The summed E-state index contributed by atoms with van der Waals surface area (Å²) in [7, 11) is 0. The monoisotopic (exact) mass is 381 g/mol. The van der Waals surface area contributed by atoms with E-state index in [2.05, 4.69) is 16.0 Å². The lowest BCUT2D eigenvalue weighted by molar-refractivity contribution is 1.12. The average molecular weight is 381 g/mol. The van der Waals surface area contributed by atoms with Gasteiger partial charge in [-0.3, -0.25) is 0 Å². The second-order valence-electron chi connectivity index (χ2n) is 6.26. The fourth-order valence-corrected chi connectivity index (χ4v) is 3.35. The van der Waals surface area contributed by atoms with Gasteiger partial charge in [-0.1, -0.05) is 24.3 Å². The first-order valence-corrected chi connectivity index (χ1v) is 8.57. The molecule has 3 aromatic rings. The van der Waals surface area contributed by atoms with Gasteiger partial charge in [0.2, 0.25) is 0 Å². The van der Waals surface area contributed by atoms with Gasteiger partial charge in [-0.2, -0.15) is 26.3 Å². The maximum absolute atomic E-state index is 9.42. The van der Waals surface area contributed by atoms with Crippen LogP contribution in [-0.4, -0.2) is 9.97 Å². The molecule has 0 atom stereocenters. The Hall–Kier alpha value is -5.29. The SMILES string of the molecule is N#CC(C#N)=C1c2ccc(-c3ccc(C#N)cc3)cc2-c2nc(C#N)c(C#N)nc21. The highest BCUT2D eigenvalue weighted by atomic mass is 14.9. The molecule has 0 saturated heterocycles. The molecule has 0 aliphatic heterocycles. The molecule has 0 fully saturated rings. The lowest BCUT2D eigenvalue weighted by Crippen LogP contribution is -2.00. The van der Waals surface area contributed by atoms with Crippen LogP contribution >= 0.6 is 0 Å². The predicted molar refractivity (Wildman–Crippen MR) is 104 cm³/mol. The number of hydrogen-bond acceptors (Lipinski definition) is 7. The van der Waals surface area contributed by atoms with Crippen LogP contribution < -0.4 is 0 Å². The van der Waals surface area contributed by atoms with Crippen molar-refractivity contribution in [3.8, 4) is 52.7 Å². The van der Waals surface area contributed by atoms with Crippen LogP contribution in [0.3, 0.4) is 0 Å². The predicted octanol–water partition coefficient (Wildman–Crippen LogP) is 3.59. The first-order chi connectivity index (χ1) is 14.6. The Morgan fingerprint density at radius 1 is 0.633 bits per heavy atom. The summed E-state index contributed by atoms with van der Waals surface area (Å²) in [6, 6.07) is 22.0. The topological polar surface area (TPSA) is 145 Å². The molecule has 1 heterocycles. The van der Waals surface area contributed by atoms with E-state index in [9.17, 15) is 21.0 Å². The lowest BCUT2D eigenvalue weighted by atomic mass is 9.97. The molecule has 134 valence electrons. The number of allylic oxidation sites excluding steroid dienone is 1. The van der Waals surface area contributed by atoms with E-state index in [1.165, 1.54) is 0 Å². The fraction of sp³-hybridized carbons (Fsp3) is 0. The summed E-state index contributed by atoms with van der Waals surface area (Å²) in [6.07, 6.45) is 0. The Labute approximate surface area is 171 Å².